The minimum absolute atomic E-state index is 0.00460. The van der Waals surface area contributed by atoms with E-state index >= 15 is 0 Å². The number of anilines is 1. The summed E-state index contributed by atoms with van der Waals surface area (Å²) in [5, 5.41) is 10.0. The van der Waals surface area contributed by atoms with Crippen LogP contribution in [0.2, 0.25) is 0 Å². The second-order valence-electron chi connectivity index (χ2n) is 8.66. The zero-order valence-electron chi connectivity index (χ0n) is 17.8. The van der Waals surface area contributed by atoms with Crippen LogP contribution in [0.3, 0.4) is 0 Å². The molecule has 0 bridgehead atoms. The summed E-state index contributed by atoms with van der Waals surface area (Å²) >= 11 is 0. The number of carbonyl (C=O) groups is 3. The highest BCUT2D eigenvalue weighted by Crippen LogP contribution is 2.32. The molecule has 4 unspecified atom stereocenters. The molecule has 9 nitrogen and oxygen atoms in total. The van der Waals surface area contributed by atoms with Gasteiger partial charge in [0.05, 0.1) is 17.5 Å². The highest BCUT2D eigenvalue weighted by atomic mass is 16.5. The average Bonchev–Trinajstić information content (AvgIpc) is 3.17. The Bertz CT molecular complexity index is 1040. The van der Waals surface area contributed by atoms with Crippen LogP contribution >= 0.6 is 0 Å². The van der Waals surface area contributed by atoms with E-state index in [2.05, 4.69) is 20.9 Å². The minimum Gasteiger partial charge on any atom is -0.378 e. The summed E-state index contributed by atoms with van der Waals surface area (Å²) < 4.78 is 5.99. The van der Waals surface area contributed by atoms with Crippen LogP contribution in [0.15, 0.2) is 36.4 Å². The van der Waals surface area contributed by atoms with Gasteiger partial charge in [-0.3, -0.25) is 24.6 Å². The number of nitrogens with zero attached hydrogens (tertiary/aromatic N) is 2. The molecule has 3 amide bonds. The normalized spacial score (nSPS) is 27.1. The molecule has 9 heteroatoms. The lowest BCUT2D eigenvalue weighted by Crippen LogP contribution is -2.65. The predicted octanol–water partition coefficient (Wildman–Crippen LogP) is 1.35. The summed E-state index contributed by atoms with van der Waals surface area (Å²) in [6.07, 6.45) is 2.89. The van der Waals surface area contributed by atoms with E-state index in [1.165, 1.54) is 0 Å². The van der Waals surface area contributed by atoms with Gasteiger partial charge in [0, 0.05) is 24.5 Å². The second-order valence-corrected chi connectivity index (χ2v) is 8.66. The molecule has 1 aromatic carbocycles. The highest BCUT2D eigenvalue weighted by molar-refractivity contribution is 5.91. The molecular formula is C23H27N5O4. The fourth-order valence-corrected chi connectivity index (χ4v) is 4.85. The Hall–Kier alpha value is -3.04. The molecule has 3 N–H and O–H groups in total. The van der Waals surface area contributed by atoms with Crippen molar-refractivity contribution in [2.75, 3.05) is 18.5 Å². The fourth-order valence-electron chi connectivity index (χ4n) is 4.85. The number of hydrogen-bond acceptors (Lipinski definition) is 6. The summed E-state index contributed by atoms with van der Waals surface area (Å²) in [6.45, 7) is 0.584. The van der Waals surface area contributed by atoms with Crippen LogP contribution in [0.5, 0.6) is 0 Å². The second kappa shape index (κ2) is 8.84. The Balaban J connectivity index is 1.06. The SMILES string of the molecule is O=C(CCCOC1CCC2NC3NC(=O)CN3C(=O)C2C1)Nc1ccc2ccccc2n1. The van der Waals surface area contributed by atoms with E-state index < -0.39 is 0 Å². The van der Waals surface area contributed by atoms with Gasteiger partial charge in [0.15, 0.2) is 6.29 Å². The van der Waals surface area contributed by atoms with Crippen molar-refractivity contribution in [3.63, 3.8) is 0 Å². The summed E-state index contributed by atoms with van der Waals surface area (Å²) in [6, 6.07) is 11.6. The highest BCUT2D eigenvalue weighted by Gasteiger charge is 2.47. The summed E-state index contributed by atoms with van der Waals surface area (Å²) in [4.78, 5) is 42.7. The molecule has 2 aliphatic heterocycles. The quantitative estimate of drug-likeness (QED) is 0.588. The monoisotopic (exact) mass is 437 g/mol. The standard InChI is InChI=1S/C23H27N5O4/c29-20(26-19-10-7-14-4-1-2-5-17(14)24-19)6-3-11-32-15-8-9-18-16(12-15)22(31)28-13-21(30)27-23(28)25-18/h1-2,4-5,7,10,15-16,18,23,25H,3,6,8-9,11-13H2,(H,27,30)(H,24,26,29). The molecular weight excluding hydrogens is 410 g/mol. The lowest BCUT2D eigenvalue weighted by atomic mass is 9.80. The number of amides is 3. The van der Waals surface area contributed by atoms with Crippen LogP contribution in [-0.4, -0.2) is 59.2 Å². The van der Waals surface area contributed by atoms with E-state index in [9.17, 15) is 14.4 Å². The van der Waals surface area contributed by atoms with Crippen LogP contribution in [0.1, 0.15) is 32.1 Å². The van der Waals surface area contributed by atoms with E-state index in [4.69, 9.17) is 4.74 Å². The Morgan fingerprint density at radius 1 is 1.19 bits per heavy atom. The smallest absolute Gasteiger partial charge is 0.242 e. The number of fused-ring (bicyclic) bond motifs is 3. The number of pyridine rings is 1. The molecule has 0 radical (unpaired) electrons. The first-order valence-electron chi connectivity index (χ1n) is 11.2. The third-order valence-corrected chi connectivity index (χ3v) is 6.47. The third kappa shape index (κ3) is 4.31. The number of carbonyl (C=O) groups excluding carboxylic acids is 3. The van der Waals surface area contributed by atoms with Crippen molar-refractivity contribution in [3.05, 3.63) is 36.4 Å². The molecule has 3 heterocycles. The zero-order valence-corrected chi connectivity index (χ0v) is 17.8. The van der Waals surface area contributed by atoms with Gasteiger partial charge in [0.1, 0.15) is 12.4 Å². The van der Waals surface area contributed by atoms with Gasteiger partial charge < -0.3 is 15.4 Å². The van der Waals surface area contributed by atoms with Gasteiger partial charge in [0.25, 0.3) is 0 Å². The first-order chi connectivity index (χ1) is 15.6. The summed E-state index contributed by atoms with van der Waals surface area (Å²) in [7, 11) is 0. The number of para-hydroxylation sites is 1. The van der Waals surface area contributed by atoms with Gasteiger partial charge in [-0.15, -0.1) is 0 Å². The van der Waals surface area contributed by atoms with Crippen molar-refractivity contribution in [3.8, 4) is 0 Å². The minimum atomic E-state index is -0.371. The topological polar surface area (TPSA) is 113 Å². The van der Waals surface area contributed by atoms with Crippen LogP contribution in [0.25, 0.3) is 10.9 Å². The molecule has 2 aromatic rings. The molecule has 5 rings (SSSR count). The van der Waals surface area contributed by atoms with E-state index in [1.807, 2.05) is 30.3 Å². The maximum Gasteiger partial charge on any atom is 0.242 e. The van der Waals surface area contributed by atoms with Crippen molar-refractivity contribution in [1.29, 1.82) is 0 Å². The number of benzene rings is 1. The van der Waals surface area contributed by atoms with Gasteiger partial charge in [-0.25, -0.2) is 4.98 Å². The van der Waals surface area contributed by atoms with Crippen LogP contribution < -0.4 is 16.0 Å². The van der Waals surface area contributed by atoms with Gasteiger partial charge in [-0.05, 0) is 43.9 Å². The average molecular weight is 438 g/mol. The largest absolute Gasteiger partial charge is 0.378 e. The first-order valence-corrected chi connectivity index (χ1v) is 11.2. The Morgan fingerprint density at radius 2 is 2.06 bits per heavy atom. The number of aromatic nitrogens is 1. The molecule has 4 atom stereocenters. The lowest BCUT2D eigenvalue weighted by molar-refractivity contribution is -0.147. The fraction of sp³-hybridized carbons (Fsp3) is 0.478. The van der Waals surface area contributed by atoms with Crippen LogP contribution in [-0.2, 0) is 19.1 Å². The Labute approximate surface area is 185 Å². The maximum absolute atomic E-state index is 12.8. The number of ether oxygens (including phenoxy) is 1. The van der Waals surface area contributed by atoms with Gasteiger partial charge in [-0.1, -0.05) is 18.2 Å². The molecule has 1 aromatic heterocycles. The van der Waals surface area contributed by atoms with E-state index in [0.29, 0.717) is 31.7 Å². The summed E-state index contributed by atoms with van der Waals surface area (Å²) in [5.41, 5.74) is 0.844. The molecule has 168 valence electrons. The molecule has 1 saturated carbocycles. The third-order valence-electron chi connectivity index (χ3n) is 6.47. The Morgan fingerprint density at radius 3 is 2.97 bits per heavy atom. The van der Waals surface area contributed by atoms with Crippen molar-refractivity contribution in [1.82, 2.24) is 20.5 Å². The molecule has 3 aliphatic rings. The van der Waals surface area contributed by atoms with Gasteiger partial charge >= 0.3 is 0 Å². The van der Waals surface area contributed by atoms with E-state index in [0.717, 1.165) is 23.7 Å². The maximum atomic E-state index is 12.8. The van der Waals surface area contributed by atoms with Crippen molar-refractivity contribution in [2.24, 2.45) is 5.92 Å². The van der Waals surface area contributed by atoms with E-state index in [1.54, 1.807) is 11.0 Å². The molecule has 2 saturated heterocycles. The van der Waals surface area contributed by atoms with Crippen molar-refractivity contribution in [2.45, 2.75) is 50.5 Å². The summed E-state index contributed by atoms with van der Waals surface area (Å²) in [5.74, 6) is 0.181. The number of rotatable bonds is 6. The molecule has 32 heavy (non-hydrogen) atoms. The van der Waals surface area contributed by atoms with Crippen LogP contribution in [0.4, 0.5) is 5.82 Å². The molecule has 0 spiro atoms. The van der Waals surface area contributed by atoms with Crippen molar-refractivity contribution < 1.29 is 19.1 Å². The molecule has 1 aliphatic carbocycles. The lowest BCUT2D eigenvalue weighted by Gasteiger charge is -2.44. The van der Waals surface area contributed by atoms with Gasteiger partial charge in [0.2, 0.25) is 17.7 Å². The molecule has 3 fully saturated rings. The zero-order chi connectivity index (χ0) is 22.1. The van der Waals surface area contributed by atoms with E-state index in [-0.39, 0.29) is 48.6 Å². The number of hydrogen-bond donors (Lipinski definition) is 3. The first kappa shape index (κ1) is 20.8. The van der Waals surface area contributed by atoms with Crippen molar-refractivity contribution >= 4 is 34.4 Å². The number of nitrogens with one attached hydrogen (secondary N) is 3. The van der Waals surface area contributed by atoms with Crippen LogP contribution in [0, 0.1) is 5.92 Å². The van der Waals surface area contributed by atoms with Gasteiger partial charge in [-0.2, -0.15) is 0 Å². The Kier molecular flexibility index (Phi) is 5.75. The predicted molar refractivity (Wildman–Crippen MR) is 117 cm³/mol.